The van der Waals surface area contributed by atoms with E-state index in [1.807, 2.05) is 48.5 Å². The Morgan fingerprint density at radius 3 is 2.38 bits per heavy atom. The van der Waals surface area contributed by atoms with Crippen molar-refractivity contribution in [1.82, 2.24) is 9.55 Å². The number of hydrogen-bond acceptors (Lipinski definition) is 3. The van der Waals surface area contributed by atoms with Crippen molar-refractivity contribution in [3.63, 3.8) is 0 Å². The van der Waals surface area contributed by atoms with Crippen LogP contribution in [0.15, 0.2) is 84.9 Å². The highest BCUT2D eigenvalue weighted by Gasteiger charge is 2.25. The molecule has 1 aliphatic rings. The first-order valence-electron chi connectivity index (χ1n) is 8.60. The van der Waals surface area contributed by atoms with E-state index in [1.54, 1.807) is 12.1 Å². The number of rotatable bonds is 2. The number of phenolic OH excluding ortho intramolecular Hbond substituents is 1. The highest BCUT2D eigenvalue weighted by molar-refractivity contribution is 5.85. The smallest absolute Gasteiger partial charge is 0.209 e. The molecule has 1 unspecified atom stereocenters. The maximum atomic E-state index is 9.67. The lowest BCUT2D eigenvalue weighted by atomic mass is 10.0. The van der Waals surface area contributed by atoms with Crippen molar-refractivity contribution in [2.45, 2.75) is 6.04 Å². The molecule has 0 saturated heterocycles. The first-order chi connectivity index (χ1) is 12.8. The van der Waals surface area contributed by atoms with Gasteiger partial charge in [0, 0.05) is 5.70 Å². The van der Waals surface area contributed by atoms with Crippen LogP contribution >= 0.6 is 0 Å². The molecule has 4 heteroatoms. The summed E-state index contributed by atoms with van der Waals surface area (Å²) >= 11 is 0. The Hall–Kier alpha value is -3.53. The molecule has 0 radical (unpaired) electrons. The van der Waals surface area contributed by atoms with Crippen LogP contribution in [0.3, 0.4) is 0 Å². The van der Waals surface area contributed by atoms with E-state index in [2.05, 4.69) is 34.2 Å². The number of phenols is 1. The van der Waals surface area contributed by atoms with Gasteiger partial charge in [-0.05, 0) is 41.5 Å². The Morgan fingerprint density at radius 1 is 0.846 bits per heavy atom. The molecule has 0 spiro atoms. The van der Waals surface area contributed by atoms with Crippen LogP contribution in [-0.2, 0) is 0 Å². The van der Waals surface area contributed by atoms with Crippen LogP contribution in [0.2, 0.25) is 0 Å². The number of nitrogens with zero attached hydrogens (tertiary/aromatic N) is 2. The molecule has 0 bridgehead atoms. The van der Waals surface area contributed by atoms with Gasteiger partial charge in [0.1, 0.15) is 5.75 Å². The molecule has 0 amide bonds. The number of allylic oxidation sites excluding steroid dienone is 1. The fourth-order valence-corrected chi connectivity index (χ4v) is 3.51. The zero-order valence-electron chi connectivity index (χ0n) is 14.0. The molecule has 5 rings (SSSR count). The number of imidazole rings is 1. The summed E-state index contributed by atoms with van der Waals surface area (Å²) in [4.78, 5) is 4.78. The Balaban J connectivity index is 1.73. The van der Waals surface area contributed by atoms with Gasteiger partial charge in [0.05, 0.1) is 17.1 Å². The number of fused-ring (bicyclic) bond motifs is 3. The molecular weight excluding hydrogens is 322 g/mol. The average Bonchev–Trinajstić information content (AvgIpc) is 3.07. The minimum Gasteiger partial charge on any atom is -0.508 e. The van der Waals surface area contributed by atoms with Crippen LogP contribution in [0.4, 0.5) is 5.95 Å². The minimum absolute atomic E-state index is 0.00513. The second-order valence-electron chi connectivity index (χ2n) is 6.40. The Morgan fingerprint density at radius 2 is 1.58 bits per heavy atom. The van der Waals surface area contributed by atoms with E-state index in [0.29, 0.717) is 0 Å². The molecule has 3 aromatic carbocycles. The summed E-state index contributed by atoms with van der Waals surface area (Å²) in [7, 11) is 0. The molecule has 0 fully saturated rings. The van der Waals surface area contributed by atoms with Crippen molar-refractivity contribution < 1.29 is 5.11 Å². The molecule has 0 aliphatic carbocycles. The number of aromatic hydroxyl groups is 1. The monoisotopic (exact) mass is 339 g/mol. The van der Waals surface area contributed by atoms with E-state index in [9.17, 15) is 5.11 Å². The van der Waals surface area contributed by atoms with Gasteiger partial charge in [-0.2, -0.15) is 0 Å². The maximum Gasteiger partial charge on any atom is 0.209 e. The van der Waals surface area contributed by atoms with Crippen LogP contribution in [0.25, 0.3) is 16.7 Å². The number of aromatic nitrogens is 2. The molecule has 2 N–H and O–H groups in total. The van der Waals surface area contributed by atoms with Crippen LogP contribution in [0, 0.1) is 0 Å². The van der Waals surface area contributed by atoms with Crippen molar-refractivity contribution in [2.75, 3.05) is 5.32 Å². The van der Waals surface area contributed by atoms with E-state index in [0.717, 1.165) is 33.8 Å². The molecule has 2 heterocycles. The maximum absolute atomic E-state index is 9.67. The zero-order chi connectivity index (χ0) is 17.5. The minimum atomic E-state index is -0.00513. The van der Waals surface area contributed by atoms with E-state index >= 15 is 0 Å². The van der Waals surface area contributed by atoms with Gasteiger partial charge in [-0.1, -0.05) is 54.6 Å². The summed E-state index contributed by atoms with van der Waals surface area (Å²) < 4.78 is 2.20. The third-order valence-corrected chi connectivity index (χ3v) is 4.76. The summed E-state index contributed by atoms with van der Waals surface area (Å²) in [6.45, 7) is 0. The van der Waals surface area contributed by atoms with E-state index in [1.165, 1.54) is 0 Å². The van der Waals surface area contributed by atoms with Crippen molar-refractivity contribution in [3.05, 3.63) is 96.1 Å². The number of nitrogens with one attached hydrogen (secondary N) is 1. The predicted octanol–water partition coefficient (Wildman–Crippen LogP) is 4.80. The zero-order valence-corrected chi connectivity index (χ0v) is 14.0. The van der Waals surface area contributed by atoms with E-state index in [-0.39, 0.29) is 11.8 Å². The van der Waals surface area contributed by atoms with E-state index in [4.69, 9.17) is 4.98 Å². The summed E-state index contributed by atoms with van der Waals surface area (Å²) in [5.74, 6) is 1.09. The predicted molar refractivity (Wildman–Crippen MR) is 104 cm³/mol. The van der Waals surface area contributed by atoms with Gasteiger partial charge in [0.2, 0.25) is 5.95 Å². The fourth-order valence-electron chi connectivity index (χ4n) is 3.51. The SMILES string of the molecule is Oc1ccc(C2C=C(c3ccccc3)Nc3nc4ccccc4n32)cc1. The molecule has 4 aromatic rings. The molecule has 126 valence electrons. The van der Waals surface area contributed by atoms with Gasteiger partial charge < -0.3 is 10.4 Å². The van der Waals surface area contributed by atoms with Crippen LogP contribution in [0.1, 0.15) is 17.2 Å². The van der Waals surface area contributed by atoms with Crippen LogP contribution in [0.5, 0.6) is 5.75 Å². The van der Waals surface area contributed by atoms with Gasteiger partial charge >= 0.3 is 0 Å². The highest BCUT2D eigenvalue weighted by Crippen LogP contribution is 2.37. The lowest BCUT2D eigenvalue weighted by Crippen LogP contribution is -2.19. The molecule has 1 aromatic heterocycles. The van der Waals surface area contributed by atoms with Gasteiger partial charge in [0.25, 0.3) is 0 Å². The average molecular weight is 339 g/mol. The molecular formula is C22H17N3O. The van der Waals surface area contributed by atoms with E-state index < -0.39 is 0 Å². The third-order valence-electron chi connectivity index (χ3n) is 4.76. The lowest BCUT2D eigenvalue weighted by molar-refractivity contribution is 0.475. The first kappa shape index (κ1) is 14.8. The summed E-state index contributed by atoms with van der Waals surface area (Å²) in [6, 6.07) is 25.8. The topological polar surface area (TPSA) is 50.1 Å². The summed E-state index contributed by atoms with van der Waals surface area (Å²) in [5, 5.41) is 13.1. The number of benzene rings is 3. The lowest BCUT2D eigenvalue weighted by Gasteiger charge is -2.26. The van der Waals surface area contributed by atoms with Crippen LogP contribution < -0.4 is 5.32 Å². The Labute approximate surface area is 151 Å². The van der Waals surface area contributed by atoms with Crippen molar-refractivity contribution in [2.24, 2.45) is 0 Å². The van der Waals surface area contributed by atoms with Gasteiger partial charge in [-0.15, -0.1) is 0 Å². The normalized spacial score (nSPS) is 16.0. The van der Waals surface area contributed by atoms with Gasteiger partial charge in [0.15, 0.2) is 0 Å². The Kier molecular flexibility index (Phi) is 3.28. The standard InChI is InChI=1S/C22H17N3O/c26-17-12-10-16(11-13-17)21-14-19(15-6-2-1-3-7-15)24-22-23-18-8-4-5-9-20(18)25(21)22/h1-14,21,26H,(H,23,24). The number of anilines is 1. The molecule has 0 saturated carbocycles. The Bertz CT molecular complexity index is 1110. The number of para-hydroxylation sites is 2. The van der Waals surface area contributed by atoms with Crippen LogP contribution in [-0.4, -0.2) is 14.7 Å². The molecule has 26 heavy (non-hydrogen) atoms. The first-order valence-corrected chi connectivity index (χ1v) is 8.60. The van der Waals surface area contributed by atoms with Gasteiger partial charge in [-0.3, -0.25) is 4.57 Å². The van der Waals surface area contributed by atoms with Crippen molar-refractivity contribution in [1.29, 1.82) is 0 Å². The molecule has 4 nitrogen and oxygen atoms in total. The summed E-state index contributed by atoms with van der Waals surface area (Å²) in [6.07, 6.45) is 2.21. The third kappa shape index (κ3) is 2.35. The quantitative estimate of drug-likeness (QED) is 0.552. The fraction of sp³-hybridized carbons (Fsp3) is 0.0455. The molecule has 1 aliphatic heterocycles. The summed E-state index contributed by atoms with van der Waals surface area (Å²) in [5.41, 5.74) is 5.29. The largest absolute Gasteiger partial charge is 0.508 e. The number of hydrogen-bond donors (Lipinski definition) is 2. The van der Waals surface area contributed by atoms with Crippen molar-refractivity contribution >= 4 is 22.7 Å². The second kappa shape index (κ2) is 5.77. The van der Waals surface area contributed by atoms with Crippen molar-refractivity contribution in [3.8, 4) is 5.75 Å². The highest BCUT2D eigenvalue weighted by atomic mass is 16.3. The molecule has 1 atom stereocenters. The second-order valence-corrected chi connectivity index (χ2v) is 6.40. The van der Waals surface area contributed by atoms with Gasteiger partial charge in [-0.25, -0.2) is 4.98 Å².